The van der Waals surface area contributed by atoms with Gasteiger partial charge < -0.3 is 15.0 Å². The van der Waals surface area contributed by atoms with E-state index in [1.54, 1.807) is 6.20 Å². The second kappa shape index (κ2) is 6.69. The van der Waals surface area contributed by atoms with Crippen LogP contribution in [-0.4, -0.2) is 37.2 Å². The van der Waals surface area contributed by atoms with Crippen molar-refractivity contribution in [1.82, 2.24) is 10.3 Å². The Labute approximate surface area is 127 Å². The highest BCUT2D eigenvalue weighted by Gasteiger charge is 2.13. The fourth-order valence-electron chi connectivity index (χ4n) is 2.21. The molecule has 0 radical (unpaired) electrons. The van der Waals surface area contributed by atoms with Crippen molar-refractivity contribution in [3.05, 3.63) is 46.3 Å². The summed E-state index contributed by atoms with van der Waals surface area (Å²) in [5.41, 5.74) is 1.05. The Morgan fingerprint density at radius 3 is 3.00 bits per heavy atom. The zero-order valence-electron chi connectivity index (χ0n) is 11.6. The first kappa shape index (κ1) is 14.0. The van der Waals surface area contributed by atoms with E-state index in [1.165, 1.54) is 11.3 Å². The Bertz CT molecular complexity index is 595. The van der Waals surface area contributed by atoms with E-state index in [0.29, 0.717) is 6.54 Å². The number of rotatable bonds is 4. The van der Waals surface area contributed by atoms with Gasteiger partial charge in [0.15, 0.2) is 0 Å². The molecule has 1 saturated heterocycles. The largest absolute Gasteiger partial charge is 0.378 e. The van der Waals surface area contributed by atoms with Crippen LogP contribution in [0.5, 0.6) is 0 Å². The predicted molar refractivity (Wildman–Crippen MR) is 82.8 cm³/mol. The second-order valence-electron chi connectivity index (χ2n) is 4.78. The molecular formula is C15H17N3O2S. The van der Waals surface area contributed by atoms with E-state index in [9.17, 15) is 4.79 Å². The SMILES string of the molecule is O=C(NCc1ccnc(N2CCOCC2)c1)c1cccs1. The Balaban J connectivity index is 1.62. The maximum Gasteiger partial charge on any atom is 0.261 e. The van der Waals surface area contributed by atoms with Crippen molar-refractivity contribution >= 4 is 23.1 Å². The van der Waals surface area contributed by atoms with Gasteiger partial charge in [0.25, 0.3) is 5.91 Å². The summed E-state index contributed by atoms with van der Waals surface area (Å²) in [6.45, 7) is 3.70. The monoisotopic (exact) mass is 303 g/mol. The zero-order chi connectivity index (χ0) is 14.5. The van der Waals surface area contributed by atoms with Gasteiger partial charge in [-0.05, 0) is 29.1 Å². The van der Waals surface area contributed by atoms with Crippen LogP contribution in [0.3, 0.4) is 0 Å². The zero-order valence-corrected chi connectivity index (χ0v) is 12.4. The summed E-state index contributed by atoms with van der Waals surface area (Å²) in [4.78, 5) is 19.3. The van der Waals surface area contributed by atoms with Crippen LogP contribution in [0.15, 0.2) is 35.8 Å². The van der Waals surface area contributed by atoms with Gasteiger partial charge in [0, 0.05) is 25.8 Å². The van der Waals surface area contributed by atoms with E-state index in [-0.39, 0.29) is 5.91 Å². The van der Waals surface area contributed by atoms with Crippen molar-refractivity contribution < 1.29 is 9.53 Å². The van der Waals surface area contributed by atoms with E-state index in [1.807, 2.05) is 29.6 Å². The van der Waals surface area contributed by atoms with Crippen molar-refractivity contribution in [3.63, 3.8) is 0 Å². The molecule has 2 aromatic rings. The van der Waals surface area contributed by atoms with Gasteiger partial charge in [-0.15, -0.1) is 11.3 Å². The molecule has 5 nitrogen and oxygen atoms in total. The number of pyridine rings is 1. The Kier molecular flexibility index (Phi) is 4.47. The number of amides is 1. The molecule has 1 aliphatic rings. The van der Waals surface area contributed by atoms with Crippen molar-refractivity contribution in [3.8, 4) is 0 Å². The molecule has 1 fully saturated rings. The number of hydrogen-bond donors (Lipinski definition) is 1. The summed E-state index contributed by atoms with van der Waals surface area (Å²) in [6, 6.07) is 7.66. The van der Waals surface area contributed by atoms with Crippen LogP contribution >= 0.6 is 11.3 Å². The minimum absolute atomic E-state index is 0.0327. The number of hydrogen-bond acceptors (Lipinski definition) is 5. The molecule has 1 aliphatic heterocycles. The number of ether oxygens (including phenoxy) is 1. The summed E-state index contributed by atoms with van der Waals surface area (Å²) in [7, 11) is 0. The van der Waals surface area contributed by atoms with Crippen molar-refractivity contribution in [2.24, 2.45) is 0 Å². The van der Waals surface area contributed by atoms with Gasteiger partial charge in [-0.1, -0.05) is 6.07 Å². The average Bonchev–Trinajstić information content (AvgIpc) is 3.08. The second-order valence-corrected chi connectivity index (χ2v) is 5.73. The number of aromatic nitrogens is 1. The van der Waals surface area contributed by atoms with Gasteiger partial charge in [0.05, 0.1) is 18.1 Å². The maximum atomic E-state index is 11.9. The first-order valence-electron chi connectivity index (χ1n) is 6.92. The Hall–Kier alpha value is -1.92. The first-order valence-corrected chi connectivity index (χ1v) is 7.80. The molecule has 0 aromatic carbocycles. The Morgan fingerprint density at radius 1 is 1.38 bits per heavy atom. The van der Waals surface area contributed by atoms with Crippen LogP contribution in [-0.2, 0) is 11.3 Å². The molecule has 2 aromatic heterocycles. The Morgan fingerprint density at radius 2 is 2.24 bits per heavy atom. The third-order valence-corrected chi connectivity index (χ3v) is 4.21. The van der Waals surface area contributed by atoms with Gasteiger partial charge in [0.1, 0.15) is 5.82 Å². The minimum atomic E-state index is -0.0327. The number of carbonyl (C=O) groups excluding carboxylic acids is 1. The molecule has 6 heteroatoms. The summed E-state index contributed by atoms with van der Waals surface area (Å²) < 4.78 is 5.35. The van der Waals surface area contributed by atoms with E-state index in [4.69, 9.17) is 4.74 Å². The van der Waals surface area contributed by atoms with Crippen molar-refractivity contribution in [2.75, 3.05) is 31.2 Å². The lowest BCUT2D eigenvalue weighted by molar-refractivity contribution is 0.0955. The highest BCUT2D eigenvalue weighted by atomic mass is 32.1. The van der Waals surface area contributed by atoms with E-state index in [2.05, 4.69) is 15.2 Å². The van der Waals surface area contributed by atoms with Crippen LogP contribution in [0.1, 0.15) is 15.2 Å². The number of thiophene rings is 1. The minimum Gasteiger partial charge on any atom is -0.378 e. The molecule has 0 unspecified atom stereocenters. The number of nitrogens with zero attached hydrogens (tertiary/aromatic N) is 2. The quantitative estimate of drug-likeness (QED) is 0.937. The molecule has 1 N–H and O–H groups in total. The smallest absolute Gasteiger partial charge is 0.261 e. The number of nitrogens with one attached hydrogen (secondary N) is 1. The summed E-state index contributed by atoms with van der Waals surface area (Å²) in [6.07, 6.45) is 1.79. The maximum absolute atomic E-state index is 11.9. The number of morpholine rings is 1. The van der Waals surface area contributed by atoms with Crippen LogP contribution in [0.4, 0.5) is 5.82 Å². The summed E-state index contributed by atoms with van der Waals surface area (Å²) in [5.74, 6) is 0.913. The van der Waals surface area contributed by atoms with Crippen LogP contribution < -0.4 is 10.2 Å². The van der Waals surface area contributed by atoms with Crippen LogP contribution in [0.25, 0.3) is 0 Å². The lowest BCUT2D eigenvalue weighted by atomic mass is 10.2. The fraction of sp³-hybridized carbons (Fsp3) is 0.333. The van der Waals surface area contributed by atoms with Gasteiger partial charge in [-0.2, -0.15) is 0 Å². The topological polar surface area (TPSA) is 54.5 Å². The fourth-order valence-corrected chi connectivity index (χ4v) is 2.85. The van der Waals surface area contributed by atoms with Gasteiger partial charge in [0.2, 0.25) is 0 Å². The van der Waals surface area contributed by atoms with E-state index >= 15 is 0 Å². The highest BCUT2D eigenvalue weighted by Crippen LogP contribution is 2.14. The third kappa shape index (κ3) is 3.59. The third-order valence-electron chi connectivity index (χ3n) is 3.34. The number of carbonyl (C=O) groups is 1. The molecule has 0 atom stereocenters. The first-order chi connectivity index (χ1) is 10.3. The van der Waals surface area contributed by atoms with E-state index in [0.717, 1.165) is 42.6 Å². The lowest BCUT2D eigenvalue weighted by Gasteiger charge is -2.28. The molecule has 3 heterocycles. The molecule has 1 amide bonds. The molecule has 0 spiro atoms. The van der Waals surface area contributed by atoms with Crippen molar-refractivity contribution in [1.29, 1.82) is 0 Å². The van der Waals surface area contributed by atoms with Gasteiger partial charge in [-0.25, -0.2) is 4.98 Å². The molecule has 3 rings (SSSR count). The normalized spacial score (nSPS) is 15.0. The van der Waals surface area contributed by atoms with E-state index < -0.39 is 0 Å². The van der Waals surface area contributed by atoms with Crippen LogP contribution in [0.2, 0.25) is 0 Å². The van der Waals surface area contributed by atoms with Gasteiger partial charge >= 0.3 is 0 Å². The summed E-state index contributed by atoms with van der Waals surface area (Å²) in [5, 5.41) is 4.83. The molecule has 110 valence electrons. The molecular weight excluding hydrogens is 286 g/mol. The molecule has 0 bridgehead atoms. The average molecular weight is 303 g/mol. The van der Waals surface area contributed by atoms with Crippen molar-refractivity contribution in [2.45, 2.75) is 6.54 Å². The standard InChI is InChI=1S/C15H17N3O2S/c19-15(13-2-1-9-21-13)17-11-12-3-4-16-14(10-12)18-5-7-20-8-6-18/h1-4,9-10H,5-8,11H2,(H,17,19). The lowest BCUT2D eigenvalue weighted by Crippen LogP contribution is -2.36. The molecule has 0 aliphatic carbocycles. The molecule has 21 heavy (non-hydrogen) atoms. The molecule has 0 saturated carbocycles. The van der Waals surface area contributed by atoms with Gasteiger partial charge in [-0.3, -0.25) is 4.79 Å². The predicted octanol–water partition coefficient (Wildman–Crippen LogP) is 1.91. The highest BCUT2D eigenvalue weighted by molar-refractivity contribution is 7.12. The number of anilines is 1. The van der Waals surface area contributed by atoms with Crippen LogP contribution in [0, 0.1) is 0 Å². The summed E-state index contributed by atoms with van der Waals surface area (Å²) >= 11 is 1.45.